The van der Waals surface area contributed by atoms with E-state index in [1.54, 1.807) is 16.7 Å². The molecular formula is C23H22F3N3O3. The zero-order chi connectivity index (χ0) is 23.0. The lowest BCUT2D eigenvalue weighted by molar-refractivity contribution is -0.156. The lowest BCUT2D eigenvalue weighted by Crippen LogP contribution is -2.55. The molecule has 0 aliphatic carbocycles. The van der Waals surface area contributed by atoms with Crippen LogP contribution in [0.15, 0.2) is 49.6 Å². The summed E-state index contributed by atoms with van der Waals surface area (Å²) in [5.74, 6) is -4.89. The van der Waals surface area contributed by atoms with Crippen LogP contribution in [-0.2, 0) is 11.2 Å². The van der Waals surface area contributed by atoms with Crippen LogP contribution in [0.1, 0.15) is 18.9 Å². The van der Waals surface area contributed by atoms with Gasteiger partial charge in [-0.2, -0.15) is 0 Å². The molecule has 1 aromatic carbocycles. The van der Waals surface area contributed by atoms with E-state index < -0.39 is 36.0 Å². The quantitative estimate of drug-likeness (QED) is 0.598. The van der Waals surface area contributed by atoms with E-state index in [-0.39, 0.29) is 18.7 Å². The first-order chi connectivity index (χ1) is 15.2. The lowest BCUT2D eigenvalue weighted by atomic mass is 9.98. The molecule has 168 valence electrons. The molecule has 1 amide bonds. The monoisotopic (exact) mass is 445 g/mol. The highest BCUT2D eigenvalue weighted by molar-refractivity contribution is 5.87. The van der Waals surface area contributed by atoms with Gasteiger partial charge in [-0.1, -0.05) is 13.5 Å². The maximum absolute atomic E-state index is 14.8. The lowest BCUT2D eigenvalue weighted by Gasteiger charge is -2.37. The zero-order valence-corrected chi connectivity index (χ0v) is 17.4. The predicted molar refractivity (Wildman–Crippen MR) is 112 cm³/mol. The van der Waals surface area contributed by atoms with Gasteiger partial charge in [0.1, 0.15) is 11.3 Å². The van der Waals surface area contributed by atoms with Crippen molar-refractivity contribution in [1.82, 2.24) is 14.3 Å². The molecule has 6 nitrogen and oxygen atoms in total. The third-order valence-corrected chi connectivity index (χ3v) is 5.64. The molecule has 2 aromatic heterocycles. The summed E-state index contributed by atoms with van der Waals surface area (Å²) in [6.45, 7) is 4.56. The molecule has 0 radical (unpaired) electrons. The number of benzene rings is 1. The molecule has 0 bridgehead atoms. The highest BCUT2D eigenvalue weighted by atomic mass is 19.3. The van der Waals surface area contributed by atoms with E-state index in [1.165, 1.54) is 24.7 Å². The van der Waals surface area contributed by atoms with Crippen LogP contribution >= 0.6 is 0 Å². The second-order valence-electron chi connectivity index (χ2n) is 7.71. The molecule has 1 aliphatic rings. The first-order valence-electron chi connectivity index (χ1n) is 10.2. The molecule has 1 atom stereocenters. The molecule has 1 N–H and O–H groups in total. The van der Waals surface area contributed by atoms with E-state index in [2.05, 4.69) is 11.6 Å². The number of alkyl halides is 2. The second kappa shape index (κ2) is 8.22. The predicted octanol–water partition coefficient (Wildman–Crippen LogP) is 4.21. The van der Waals surface area contributed by atoms with Crippen molar-refractivity contribution >= 4 is 11.4 Å². The highest BCUT2D eigenvalue weighted by Gasteiger charge is 2.47. The van der Waals surface area contributed by atoms with Crippen molar-refractivity contribution in [1.29, 1.82) is 0 Å². The van der Waals surface area contributed by atoms with Gasteiger partial charge in [0.15, 0.2) is 17.7 Å². The van der Waals surface area contributed by atoms with Gasteiger partial charge in [0, 0.05) is 24.7 Å². The number of nitrogens with zero attached hydrogens (tertiary/aromatic N) is 3. The van der Waals surface area contributed by atoms with Crippen molar-refractivity contribution in [2.45, 2.75) is 31.8 Å². The van der Waals surface area contributed by atoms with Gasteiger partial charge in [0.25, 0.3) is 0 Å². The van der Waals surface area contributed by atoms with Crippen LogP contribution < -0.4 is 4.74 Å². The Labute approximate surface area is 182 Å². The number of phenolic OH excluding ortho intramolecular Hbond substituents is 1. The molecule has 3 aromatic rings. The molecule has 1 fully saturated rings. The molecule has 1 aliphatic heterocycles. The van der Waals surface area contributed by atoms with Crippen LogP contribution in [0.25, 0.3) is 16.6 Å². The number of aromatic nitrogens is 2. The number of amides is 1. The topological polar surface area (TPSA) is 67.1 Å². The molecule has 4 rings (SSSR count). The van der Waals surface area contributed by atoms with E-state index in [1.807, 2.05) is 6.92 Å². The van der Waals surface area contributed by atoms with Gasteiger partial charge >= 0.3 is 5.92 Å². The molecule has 1 saturated heterocycles. The summed E-state index contributed by atoms with van der Waals surface area (Å²) in [7, 11) is 0. The maximum atomic E-state index is 14.8. The number of piperidine rings is 1. The highest BCUT2D eigenvalue weighted by Crippen LogP contribution is 2.36. The van der Waals surface area contributed by atoms with Gasteiger partial charge < -0.3 is 19.1 Å². The normalized spacial score (nSPS) is 18.0. The summed E-state index contributed by atoms with van der Waals surface area (Å²) in [5.41, 5.74) is 2.22. The van der Waals surface area contributed by atoms with Crippen molar-refractivity contribution in [3.05, 3.63) is 61.0 Å². The molecule has 1 unspecified atom stereocenters. The summed E-state index contributed by atoms with van der Waals surface area (Å²) >= 11 is 0. The minimum absolute atomic E-state index is 0.0643. The number of rotatable bonds is 5. The van der Waals surface area contributed by atoms with E-state index in [4.69, 9.17) is 4.74 Å². The minimum atomic E-state index is -3.27. The summed E-state index contributed by atoms with van der Waals surface area (Å²) in [6.07, 6.45) is 4.71. The largest absolute Gasteiger partial charge is 0.505 e. The van der Waals surface area contributed by atoms with Gasteiger partial charge in [-0.25, -0.2) is 18.2 Å². The Morgan fingerprint density at radius 3 is 2.88 bits per heavy atom. The fraction of sp³-hybridized carbons (Fsp3) is 0.304. The van der Waals surface area contributed by atoms with Crippen LogP contribution in [0, 0.1) is 5.82 Å². The Balaban J connectivity index is 1.72. The number of hydrogen-bond donors (Lipinski definition) is 1. The Morgan fingerprint density at radius 2 is 2.19 bits per heavy atom. The van der Waals surface area contributed by atoms with Gasteiger partial charge in [0.2, 0.25) is 5.91 Å². The Kier molecular flexibility index (Phi) is 5.58. The summed E-state index contributed by atoms with van der Waals surface area (Å²) in [6, 6.07) is 4.13. The molecule has 9 heteroatoms. The molecule has 0 saturated carbocycles. The number of imidazole rings is 1. The van der Waals surface area contributed by atoms with Gasteiger partial charge in [-0.3, -0.25) is 4.79 Å². The fourth-order valence-corrected chi connectivity index (χ4v) is 3.94. The van der Waals surface area contributed by atoms with Crippen molar-refractivity contribution in [2.24, 2.45) is 0 Å². The smallest absolute Gasteiger partial charge is 0.301 e. The number of phenols is 1. The first-order valence-corrected chi connectivity index (χ1v) is 10.2. The number of carbonyl (C=O) groups is 1. The molecule has 32 heavy (non-hydrogen) atoms. The Morgan fingerprint density at radius 1 is 1.41 bits per heavy atom. The number of aryl methyl sites for hydroxylation is 1. The van der Waals surface area contributed by atoms with Gasteiger partial charge in [-0.05, 0) is 41.8 Å². The van der Waals surface area contributed by atoms with Crippen molar-refractivity contribution < 1.29 is 27.8 Å². The Hall–Kier alpha value is -3.49. The molecule has 3 heterocycles. The number of ether oxygens (including phenoxy) is 1. The number of pyridine rings is 1. The van der Waals surface area contributed by atoms with Gasteiger partial charge in [-0.15, -0.1) is 0 Å². The van der Waals surface area contributed by atoms with E-state index >= 15 is 0 Å². The third kappa shape index (κ3) is 3.90. The molecular weight excluding hydrogens is 423 g/mol. The fourth-order valence-electron chi connectivity index (χ4n) is 3.94. The van der Waals surface area contributed by atoms with Crippen LogP contribution in [-0.4, -0.2) is 50.4 Å². The minimum Gasteiger partial charge on any atom is -0.505 e. The Bertz CT molecular complexity index is 1190. The average Bonchev–Trinajstić information content (AvgIpc) is 3.24. The van der Waals surface area contributed by atoms with E-state index in [0.29, 0.717) is 28.6 Å². The van der Waals surface area contributed by atoms with Crippen LogP contribution in [0.2, 0.25) is 0 Å². The summed E-state index contributed by atoms with van der Waals surface area (Å²) < 4.78 is 51.1. The maximum Gasteiger partial charge on any atom is 0.301 e. The van der Waals surface area contributed by atoms with E-state index in [9.17, 15) is 23.1 Å². The number of hydrogen-bond acceptors (Lipinski definition) is 4. The van der Waals surface area contributed by atoms with Crippen molar-refractivity contribution in [3.8, 4) is 22.6 Å². The summed E-state index contributed by atoms with van der Waals surface area (Å²) in [4.78, 5) is 16.9. The van der Waals surface area contributed by atoms with Crippen LogP contribution in [0.5, 0.6) is 11.5 Å². The number of fused-ring (bicyclic) bond motifs is 1. The summed E-state index contributed by atoms with van der Waals surface area (Å²) in [5, 5.41) is 9.72. The number of halogens is 3. The van der Waals surface area contributed by atoms with Gasteiger partial charge in [0.05, 0.1) is 19.1 Å². The third-order valence-electron chi connectivity index (χ3n) is 5.64. The first kappa shape index (κ1) is 21.7. The molecule has 0 spiro atoms. The SMILES string of the molecule is C=CC(=O)N1CCC(Oc2cc(-c3cc(F)c(O)cc3CC)cn3cncc23)C(F)(F)C1. The van der Waals surface area contributed by atoms with Crippen molar-refractivity contribution in [2.75, 3.05) is 13.1 Å². The number of carbonyl (C=O) groups excluding carboxylic acids is 1. The second-order valence-corrected chi connectivity index (χ2v) is 7.71. The standard InChI is InChI=1S/C23H22F3N3O3/c1-3-14-7-19(30)17(24)9-16(14)15-8-20(18-10-27-13-29(18)11-15)32-21-5-6-28(22(31)4-2)12-23(21,25)26/h4,7-11,13,21,30H,2-3,5-6,12H2,1H3. The zero-order valence-electron chi connectivity index (χ0n) is 17.4. The number of likely N-dealkylation sites (tertiary alicyclic amines) is 1. The average molecular weight is 445 g/mol. The van der Waals surface area contributed by atoms with Crippen molar-refractivity contribution in [3.63, 3.8) is 0 Å². The van der Waals surface area contributed by atoms with Crippen LogP contribution in [0.4, 0.5) is 13.2 Å². The number of aromatic hydroxyl groups is 1. The van der Waals surface area contributed by atoms with Crippen LogP contribution in [0.3, 0.4) is 0 Å². The van der Waals surface area contributed by atoms with E-state index in [0.717, 1.165) is 11.0 Å².